The molecule has 42 heavy (non-hydrogen) atoms. The summed E-state index contributed by atoms with van der Waals surface area (Å²) < 4.78 is 2.23. The van der Waals surface area contributed by atoms with E-state index in [2.05, 4.69) is 83.3 Å². The molecule has 214 valence electrons. The Labute approximate surface area is 247 Å². The normalized spacial score (nSPS) is 20.6. The molecule has 3 aliphatic rings. The summed E-state index contributed by atoms with van der Waals surface area (Å²) in [4.78, 5) is 26.9. The highest BCUT2D eigenvalue weighted by Gasteiger charge is 2.35. The quantitative estimate of drug-likeness (QED) is 0.440. The number of nitrogens with one attached hydrogen (secondary N) is 1. The molecule has 0 saturated carbocycles. The first-order valence-corrected chi connectivity index (χ1v) is 14.7. The maximum atomic E-state index is 13.1. The number of anilines is 1. The van der Waals surface area contributed by atoms with Crippen LogP contribution in [0, 0.1) is 31.1 Å². The third-order valence-corrected chi connectivity index (χ3v) is 8.62. The van der Waals surface area contributed by atoms with Crippen LogP contribution >= 0.6 is 0 Å². The van der Waals surface area contributed by atoms with Crippen LogP contribution in [0.3, 0.4) is 0 Å². The molecule has 0 spiro atoms. The molecular formula is C34H37N7O. The predicted molar refractivity (Wildman–Crippen MR) is 166 cm³/mol. The van der Waals surface area contributed by atoms with Crippen molar-refractivity contribution < 1.29 is 4.79 Å². The van der Waals surface area contributed by atoms with E-state index in [1.165, 1.54) is 33.4 Å². The van der Waals surface area contributed by atoms with Crippen LogP contribution in [0.2, 0.25) is 0 Å². The van der Waals surface area contributed by atoms with Crippen molar-refractivity contribution in [3.05, 3.63) is 99.7 Å². The van der Waals surface area contributed by atoms with Crippen molar-refractivity contribution in [3.63, 3.8) is 0 Å². The molecule has 2 aromatic carbocycles. The number of aliphatic imine (C=N–C) groups is 1. The van der Waals surface area contributed by atoms with Gasteiger partial charge in [0.15, 0.2) is 0 Å². The van der Waals surface area contributed by atoms with E-state index in [1.807, 2.05) is 11.1 Å². The molecule has 2 aliphatic heterocycles. The van der Waals surface area contributed by atoms with Gasteiger partial charge in [0.2, 0.25) is 0 Å². The van der Waals surface area contributed by atoms with Gasteiger partial charge in [0.05, 0.1) is 24.2 Å². The van der Waals surface area contributed by atoms with E-state index in [4.69, 9.17) is 10.3 Å². The molecule has 6 rings (SSSR count). The molecular weight excluding hydrogens is 522 g/mol. The maximum absolute atomic E-state index is 13.1. The average molecular weight is 560 g/mol. The molecule has 2 atom stereocenters. The average Bonchev–Trinajstić information content (AvgIpc) is 3.23. The number of rotatable bonds is 4. The Morgan fingerprint density at radius 1 is 1.10 bits per heavy atom. The first-order chi connectivity index (χ1) is 20.4. The third-order valence-electron chi connectivity index (χ3n) is 8.62. The van der Waals surface area contributed by atoms with Crippen LogP contribution in [0.15, 0.2) is 76.6 Å². The Balaban J connectivity index is 1.30. The van der Waals surface area contributed by atoms with Crippen LogP contribution in [-0.4, -0.2) is 64.3 Å². The number of piperazine rings is 1. The van der Waals surface area contributed by atoms with Gasteiger partial charge in [-0.05, 0) is 84.4 Å². The first kappa shape index (κ1) is 27.7. The van der Waals surface area contributed by atoms with Gasteiger partial charge in [0.1, 0.15) is 5.82 Å². The standard InChI is InChI=1S/C34H37N7O/c1-23-4-9-30-27(16-23)18-28(22-41-11-10-37-25(41)3)31-17-24(2)20-36-21-32(31)33(30)39-12-14-40(15-13-39)34(42)38-29-7-5-26(19-35)6-8-29/h4-11,16,18,20,24,33H,12-15,17,21-22H2,1-3H3,(H,38,42). The summed E-state index contributed by atoms with van der Waals surface area (Å²) in [6.07, 6.45) is 9.41. The number of imidazole rings is 1. The van der Waals surface area contributed by atoms with Crippen molar-refractivity contribution in [3.8, 4) is 6.07 Å². The third kappa shape index (κ3) is 5.65. The lowest BCUT2D eigenvalue weighted by molar-refractivity contribution is 0.124. The van der Waals surface area contributed by atoms with Gasteiger partial charge in [-0.25, -0.2) is 9.78 Å². The van der Waals surface area contributed by atoms with Crippen molar-refractivity contribution >= 4 is 24.0 Å². The number of aromatic nitrogens is 2. The molecule has 3 heterocycles. The monoisotopic (exact) mass is 559 g/mol. The molecule has 1 N–H and O–H groups in total. The summed E-state index contributed by atoms with van der Waals surface area (Å²) in [7, 11) is 0. The van der Waals surface area contributed by atoms with Gasteiger partial charge < -0.3 is 14.8 Å². The lowest BCUT2D eigenvalue weighted by Gasteiger charge is -2.41. The highest BCUT2D eigenvalue weighted by Crippen LogP contribution is 2.42. The molecule has 3 aromatic rings. The number of hydrogen-bond donors (Lipinski definition) is 1. The fraction of sp³-hybridized carbons (Fsp3) is 0.353. The zero-order chi connectivity index (χ0) is 29.2. The molecule has 1 fully saturated rings. The number of fused-ring (bicyclic) bond motifs is 1. The number of carbonyl (C=O) groups is 1. The van der Waals surface area contributed by atoms with Crippen molar-refractivity contribution in [1.29, 1.82) is 5.26 Å². The largest absolute Gasteiger partial charge is 0.331 e. The topological polar surface area (TPSA) is 89.6 Å². The molecule has 8 nitrogen and oxygen atoms in total. The van der Waals surface area contributed by atoms with Crippen molar-refractivity contribution in [1.82, 2.24) is 19.4 Å². The predicted octanol–water partition coefficient (Wildman–Crippen LogP) is 5.77. The number of nitrogens with zero attached hydrogens (tertiary/aromatic N) is 6. The van der Waals surface area contributed by atoms with Crippen LogP contribution in [0.5, 0.6) is 0 Å². The number of hydrogen-bond acceptors (Lipinski definition) is 5. The molecule has 2 unspecified atom stereocenters. The lowest BCUT2D eigenvalue weighted by Crippen LogP contribution is -2.51. The van der Waals surface area contributed by atoms with E-state index in [-0.39, 0.29) is 12.1 Å². The highest BCUT2D eigenvalue weighted by atomic mass is 16.2. The van der Waals surface area contributed by atoms with Crippen molar-refractivity contribution in [2.75, 3.05) is 38.0 Å². The van der Waals surface area contributed by atoms with E-state index in [0.717, 1.165) is 31.9 Å². The molecule has 8 heteroatoms. The molecule has 1 saturated heterocycles. The SMILES string of the molecule is Cc1ccc2c(c1)C=C(Cn1ccnc1C)C1=C(CN=CC(C)C1)C2N1CCN(C(=O)Nc2ccc(C#N)cc2)CC1. The van der Waals surface area contributed by atoms with Crippen LogP contribution in [0.1, 0.15) is 47.5 Å². The summed E-state index contributed by atoms with van der Waals surface area (Å²) in [5.41, 5.74) is 9.20. The van der Waals surface area contributed by atoms with E-state index in [0.29, 0.717) is 36.8 Å². The van der Waals surface area contributed by atoms with Gasteiger partial charge in [-0.2, -0.15) is 5.26 Å². The number of allylic oxidation sites excluding steroid dienone is 2. The van der Waals surface area contributed by atoms with Gasteiger partial charge in [-0.1, -0.05) is 30.7 Å². The number of nitriles is 1. The number of carbonyl (C=O) groups excluding carboxylic acids is 1. The van der Waals surface area contributed by atoms with Gasteiger partial charge in [-0.15, -0.1) is 0 Å². The van der Waals surface area contributed by atoms with Gasteiger partial charge in [0, 0.05) is 57.0 Å². The first-order valence-electron chi connectivity index (χ1n) is 14.7. The molecule has 1 aromatic heterocycles. The Morgan fingerprint density at radius 3 is 2.60 bits per heavy atom. The number of amides is 2. The van der Waals surface area contributed by atoms with E-state index < -0.39 is 0 Å². The summed E-state index contributed by atoms with van der Waals surface area (Å²) in [6.45, 7) is 10.7. The Hall–Kier alpha value is -4.48. The minimum Gasteiger partial charge on any atom is -0.331 e. The maximum Gasteiger partial charge on any atom is 0.321 e. The van der Waals surface area contributed by atoms with E-state index >= 15 is 0 Å². The van der Waals surface area contributed by atoms with E-state index in [1.54, 1.807) is 24.3 Å². The molecule has 1 aliphatic carbocycles. The van der Waals surface area contributed by atoms with E-state index in [9.17, 15) is 4.79 Å². The number of benzene rings is 2. The molecule has 0 radical (unpaired) electrons. The summed E-state index contributed by atoms with van der Waals surface area (Å²) in [5.74, 6) is 1.37. The zero-order valence-corrected chi connectivity index (χ0v) is 24.5. The van der Waals surface area contributed by atoms with Gasteiger partial charge in [-0.3, -0.25) is 9.89 Å². The summed E-state index contributed by atoms with van der Waals surface area (Å²) in [6, 6.07) is 15.9. The van der Waals surface area contributed by atoms with Crippen LogP contribution < -0.4 is 5.32 Å². The number of aryl methyl sites for hydroxylation is 2. The zero-order valence-electron chi connectivity index (χ0n) is 24.5. The fourth-order valence-electron chi connectivity index (χ4n) is 6.38. The lowest BCUT2D eigenvalue weighted by atomic mass is 9.87. The Morgan fingerprint density at radius 2 is 1.88 bits per heavy atom. The van der Waals surface area contributed by atoms with Crippen LogP contribution in [0.25, 0.3) is 6.08 Å². The summed E-state index contributed by atoms with van der Waals surface area (Å²) >= 11 is 0. The van der Waals surface area contributed by atoms with Gasteiger partial charge >= 0.3 is 6.03 Å². The Kier molecular flexibility index (Phi) is 7.77. The minimum atomic E-state index is -0.108. The van der Waals surface area contributed by atoms with Crippen molar-refractivity contribution in [2.45, 2.75) is 39.8 Å². The smallest absolute Gasteiger partial charge is 0.321 e. The minimum absolute atomic E-state index is 0.0967. The van der Waals surface area contributed by atoms with Crippen LogP contribution in [-0.2, 0) is 6.54 Å². The molecule has 2 amide bonds. The second-order valence-corrected chi connectivity index (χ2v) is 11.6. The Bertz CT molecular complexity index is 1610. The van der Waals surface area contributed by atoms with Crippen molar-refractivity contribution in [2.24, 2.45) is 10.9 Å². The second kappa shape index (κ2) is 11.8. The summed E-state index contributed by atoms with van der Waals surface area (Å²) in [5, 5.41) is 12.0. The highest BCUT2D eigenvalue weighted by molar-refractivity contribution is 5.89. The number of urea groups is 1. The molecule has 0 bridgehead atoms. The fourth-order valence-corrected chi connectivity index (χ4v) is 6.38. The van der Waals surface area contributed by atoms with Crippen LogP contribution in [0.4, 0.5) is 10.5 Å². The second-order valence-electron chi connectivity index (χ2n) is 11.6. The van der Waals surface area contributed by atoms with Gasteiger partial charge in [0.25, 0.3) is 0 Å².